The zero-order valence-corrected chi connectivity index (χ0v) is 22.9. The standard InChI is InChI=1S/C22H25ClN4O2.2C2HF3O2/c23-17-8-7-14(11-24)16(10-17)13-26-21(28)19-6-3-9-27(19)22(29)20-18-5-2-1-4-15(18)12-25-20;2*3-2(4,5)1(6)7/h1-2,4-5,7-8,10,19-20,25H,3,6,9,11-13,24H2,(H,26,28);2*(H,6,7)/t19-,20?;;/m0../s1. The summed E-state index contributed by atoms with van der Waals surface area (Å²) in [4.78, 5) is 45.6. The first-order valence-electron chi connectivity index (χ1n) is 12.4. The number of nitrogens with one attached hydrogen (secondary N) is 2. The fraction of sp³-hybridized carbons (Fsp3) is 0.385. The minimum absolute atomic E-state index is 0.0296. The summed E-state index contributed by atoms with van der Waals surface area (Å²) in [6.07, 6.45) is -8.67. The maximum atomic E-state index is 13.2. The Morgan fingerprint density at radius 3 is 2.12 bits per heavy atom. The zero-order chi connectivity index (χ0) is 32.5. The van der Waals surface area contributed by atoms with E-state index in [-0.39, 0.29) is 17.9 Å². The molecule has 2 amide bonds. The first-order chi connectivity index (χ1) is 20.0. The van der Waals surface area contributed by atoms with Gasteiger partial charge in [0.1, 0.15) is 12.1 Å². The summed E-state index contributed by atoms with van der Waals surface area (Å²) in [5.41, 5.74) is 9.78. The lowest BCUT2D eigenvalue weighted by molar-refractivity contribution is -0.193. The van der Waals surface area contributed by atoms with Gasteiger partial charge in [-0.15, -0.1) is 0 Å². The van der Waals surface area contributed by atoms with E-state index in [0.717, 1.165) is 28.7 Å². The van der Waals surface area contributed by atoms with E-state index < -0.39 is 30.3 Å². The first-order valence-corrected chi connectivity index (χ1v) is 12.8. The number of nitrogens with two attached hydrogens (primary N) is 1. The maximum Gasteiger partial charge on any atom is 0.490 e. The maximum absolute atomic E-state index is 13.2. The van der Waals surface area contributed by atoms with Crippen molar-refractivity contribution in [3.05, 3.63) is 69.7 Å². The third-order valence-corrected chi connectivity index (χ3v) is 6.51. The number of carbonyl (C=O) groups excluding carboxylic acids is 2. The number of nitrogens with zero attached hydrogens (tertiary/aromatic N) is 1. The number of halogens is 7. The number of aliphatic carboxylic acids is 2. The molecule has 43 heavy (non-hydrogen) atoms. The van der Waals surface area contributed by atoms with Gasteiger partial charge in [-0.2, -0.15) is 26.3 Å². The molecule has 236 valence electrons. The third-order valence-electron chi connectivity index (χ3n) is 6.27. The summed E-state index contributed by atoms with van der Waals surface area (Å²) >= 11 is 6.08. The van der Waals surface area contributed by atoms with E-state index in [1.54, 1.807) is 11.0 Å². The largest absolute Gasteiger partial charge is 0.490 e. The highest BCUT2D eigenvalue weighted by molar-refractivity contribution is 6.30. The quantitative estimate of drug-likeness (QED) is 0.310. The van der Waals surface area contributed by atoms with E-state index in [4.69, 9.17) is 37.1 Å². The lowest BCUT2D eigenvalue weighted by Gasteiger charge is -2.27. The van der Waals surface area contributed by atoms with Gasteiger partial charge in [-0.3, -0.25) is 14.9 Å². The molecule has 1 unspecified atom stereocenters. The van der Waals surface area contributed by atoms with E-state index in [2.05, 4.69) is 10.6 Å². The monoisotopic (exact) mass is 640 g/mol. The number of alkyl halides is 6. The van der Waals surface area contributed by atoms with Crippen LogP contribution in [0.5, 0.6) is 0 Å². The van der Waals surface area contributed by atoms with Crippen LogP contribution in [0.25, 0.3) is 0 Å². The predicted molar refractivity (Wildman–Crippen MR) is 139 cm³/mol. The van der Waals surface area contributed by atoms with Crippen LogP contribution in [0.4, 0.5) is 26.3 Å². The van der Waals surface area contributed by atoms with Crippen LogP contribution >= 0.6 is 11.6 Å². The molecule has 6 N–H and O–H groups in total. The van der Waals surface area contributed by atoms with E-state index >= 15 is 0 Å². The fourth-order valence-corrected chi connectivity index (χ4v) is 4.44. The minimum atomic E-state index is -5.08. The van der Waals surface area contributed by atoms with E-state index in [1.807, 2.05) is 36.4 Å². The molecule has 0 saturated carbocycles. The second kappa shape index (κ2) is 15.0. The molecule has 2 aromatic carbocycles. The summed E-state index contributed by atoms with van der Waals surface area (Å²) in [6.45, 7) is 1.99. The smallest absolute Gasteiger partial charge is 0.475 e. The molecule has 17 heteroatoms. The van der Waals surface area contributed by atoms with Gasteiger partial charge in [0.25, 0.3) is 0 Å². The number of carbonyl (C=O) groups is 4. The van der Waals surface area contributed by atoms with Crippen LogP contribution in [0.3, 0.4) is 0 Å². The summed E-state index contributed by atoms with van der Waals surface area (Å²) in [5.74, 6) is -5.68. The van der Waals surface area contributed by atoms with Crippen LogP contribution in [0, 0.1) is 0 Å². The predicted octanol–water partition coefficient (Wildman–Crippen LogP) is 3.52. The Hall–Kier alpha value is -3.89. The highest BCUT2D eigenvalue weighted by atomic mass is 35.5. The molecule has 0 aliphatic carbocycles. The number of carboxylic acid groups (broad SMARTS) is 2. The van der Waals surface area contributed by atoms with Gasteiger partial charge in [-0.05, 0) is 47.2 Å². The van der Waals surface area contributed by atoms with Gasteiger partial charge in [-0.1, -0.05) is 41.9 Å². The molecular formula is C26H27ClF6N4O6. The molecule has 2 aromatic rings. The average Bonchev–Trinajstić information content (AvgIpc) is 3.59. The topological polar surface area (TPSA) is 162 Å². The van der Waals surface area contributed by atoms with Crippen molar-refractivity contribution >= 4 is 35.4 Å². The van der Waals surface area contributed by atoms with Crippen LogP contribution in [0.15, 0.2) is 42.5 Å². The zero-order valence-electron chi connectivity index (χ0n) is 22.1. The Morgan fingerprint density at radius 2 is 1.56 bits per heavy atom. The third kappa shape index (κ3) is 10.1. The molecule has 2 aliphatic rings. The molecule has 10 nitrogen and oxygen atoms in total. The molecule has 1 saturated heterocycles. The van der Waals surface area contributed by atoms with Crippen LogP contribution in [0.2, 0.25) is 5.02 Å². The number of hydrogen-bond donors (Lipinski definition) is 5. The van der Waals surface area contributed by atoms with Gasteiger partial charge in [-0.25, -0.2) is 9.59 Å². The average molecular weight is 641 g/mol. The molecular weight excluding hydrogens is 614 g/mol. The number of fused-ring (bicyclic) bond motifs is 1. The van der Waals surface area contributed by atoms with Gasteiger partial charge in [0.05, 0.1) is 0 Å². The van der Waals surface area contributed by atoms with E-state index in [1.165, 1.54) is 0 Å². The number of likely N-dealkylation sites (tertiary alicyclic amines) is 1. The first kappa shape index (κ1) is 35.3. The normalized spacial score (nSPS) is 17.5. The molecule has 0 bridgehead atoms. The van der Waals surface area contributed by atoms with Gasteiger partial charge >= 0.3 is 24.3 Å². The van der Waals surface area contributed by atoms with Crippen LogP contribution in [0.1, 0.15) is 41.1 Å². The number of amides is 2. The number of hydrogen-bond acceptors (Lipinski definition) is 6. The lowest BCUT2D eigenvalue weighted by Crippen LogP contribution is -2.48. The Kier molecular flexibility index (Phi) is 12.3. The SMILES string of the molecule is NCc1ccc(Cl)cc1CNC(=O)[C@@H]1CCCN1C(=O)C1NCc2ccccc21.O=C(O)C(F)(F)F.O=C(O)C(F)(F)F. The van der Waals surface area contributed by atoms with Crippen molar-refractivity contribution in [2.24, 2.45) is 5.73 Å². The van der Waals surface area contributed by atoms with Crippen molar-refractivity contribution in [3.8, 4) is 0 Å². The number of carboxylic acids is 2. The Balaban J connectivity index is 0.000000384. The Bertz CT molecular complexity index is 1300. The molecule has 2 aliphatic heterocycles. The van der Waals surface area contributed by atoms with E-state index in [0.29, 0.717) is 37.6 Å². The summed E-state index contributed by atoms with van der Waals surface area (Å²) in [5, 5.41) is 21.1. The second-order valence-corrected chi connectivity index (χ2v) is 9.58. The minimum Gasteiger partial charge on any atom is -0.475 e. The van der Waals surface area contributed by atoms with Crippen molar-refractivity contribution in [3.63, 3.8) is 0 Å². The van der Waals surface area contributed by atoms with Crippen molar-refractivity contribution < 1.29 is 55.7 Å². The molecule has 0 aromatic heterocycles. The highest BCUT2D eigenvalue weighted by Crippen LogP contribution is 2.30. The summed E-state index contributed by atoms with van der Waals surface area (Å²) in [7, 11) is 0. The van der Waals surface area contributed by atoms with Gasteiger partial charge < -0.3 is 26.2 Å². The Labute approximate surface area is 245 Å². The molecule has 2 heterocycles. The van der Waals surface area contributed by atoms with Gasteiger partial charge in [0, 0.05) is 31.2 Å². The fourth-order valence-electron chi connectivity index (χ4n) is 4.25. The van der Waals surface area contributed by atoms with Crippen molar-refractivity contribution in [1.29, 1.82) is 0 Å². The molecule has 4 rings (SSSR count). The number of benzene rings is 2. The van der Waals surface area contributed by atoms with Gasteiger partial charge in [0.15, 0.2) is 0 Å². The van der Waals surface area contributed by atoms with Crippen molar-refractivity contribution in [1.82, 2.24) is 15.5 Å². The lowest BCUT2D eigenvalue weighted by atomic mass is 10.0. The van der Waals surface area contributed by atoms with Crippen molar-refractivity contribution in [2.75, 3.05) is 6.54 Å². The Morgan fingerprint density at radius 1 is 0.977 bits per heavy atom. The highest BCUT2D eigenvalue weighted by Gasteiger charge is 2.40. The second-order valence-electron chi connectivity index (χ2n) is 9.14. The summed E-state index contributed by atoms with van der Waals surface area (Å²) < 4.78 is 63.5. The number of rotatable bonds is 5. The van der Waals surface area contributed by atoms with Gasteiger partial charge in [0.2, 0.25) is 11.8 Å². The van der Waals surface area contributed by atoms with E-state index in [9.17, 15) is 35.9 Å². The van der Waals surface area contributed by atoms with Crippen LogP contribution in [-0.2, 0) is 38.8 Å². The van der Waals surface area contributed by atoms with Crippen molar-refractivity contribution in [2.45, 2.75) is 56.9 Å². The molecule has 1 fully saturated rings. The molecule has 0 radical (unpaired) electrons. The molecule has 2 atom stereocenters. The van der Waals surface area contributed by atoms with Crippen LogP contribution in [-0.4, -0.2) is 63.8 Å². The molecule has 0 spiro atoms. The summed E-state index contributed by atoms with van der Waals surface area (Å²) in [6, 6.07) is 12.6. The van der Waals surface area contributed by atoms with Crippen LogP contribution < -0.4 is 16.4 Å².